The summed E-state index contributed by atoms with van der Waals surface area (Å²) in [5, 5.41) is 0.776. The molecule has 0 amide bonds. The third-order valence-corrected chi connectivity index (χ3v) is 5.92. The van der Waals surface area contributed by atoms with Gasteiger partial charge in [-0.05, 0) is 61.6 Å². The Labute approximate surface area is 160 Å². The van der Waals surface area contributed by atoms with Crippen LogP contribution in [0.2, 0.25) is 5.02 Å². The van der Waals surface area contributed by atoms with E-state index < -0.39 is 0 Å². The molecule has 0 bridgehead atoms. The maximum atomic E-state index is 12.7. The van der Waals surface area contributed by atoms with Crippen molar-refractivity contribution >= 4 is 23.2 Å². The lowest BCUT2D eigenvalue weighted by molar-refractivity contribution is 0.0878. The van der Waals surface area contributed by atoms with Crippen LogP contribution >= 0.6 is 11.6 Å². The van der Waals surface area contributed by atoms with E-state index in [2.05, 4.69) is 28.0 Å². The first-order valence-corrected chi connectivity index (χ1v) is 10.0. The zero-order valence-corrected chi connectivity index (χ0v) is 15.9. The van der Waals surface area contributed by atoms with Gasteiger partial charge < -0.3 is 4.90 Å². The number of nitrogens with zero attached hydrogens (tertiary/aromatic N) is 3. The lowest BCUT2D eigenvalue weighted by Crippen LogP contribution is -2.47. The van der Waals surface area contributed by atoms with Crippen LogP contribution in [0.25, 0.3) is 0 Å². The number of anilines is 1. The van der Waals surface area contributed by atoms with E-state index in [0.717, 1.165) is 50.6 Å². The predicted octanol–water partition coefficient (Wildman–Crippen LogP) is 3.87. The lowest BCUT2D eigenvalue weighted by atomic mass is 9.98. The minimum absolute atomic E-state index is 0.244. The van der Waals surface area contributed by atoms with E-state index in [1.165, 1.54) is 29.8 Å². The zero-order chi connectivity index (χ0) is 17.9. The number of aromatic nitrogens is 1. The first kappa shape index (κ1) is 17.6. The number of hydrogen-bond acceptors (Lipinski definition) is 3. The van der Waals surface area contributed by atoms with E-state index in [1.54, 1.807) is 0 Å². The molecule has 2 heterocycles. The summed E-state index contributed by atoms with van der Waals surface area (Å²) in [6.45, 7) is 4.84. The summed E-state index contributed by atoms with van der Waals surface area (Å²) >= 11 is 5.97. The fourth-order valence-corrected chi connectivity index (χ4v) is 4.24. The number of carbonyl (C=O) groups excluding carboxylic acids is 1. The smallest absolute Gasteiger partial charge is 0.232 e. The van der Waals surface area contributed by atoms with Gasteiger partial charge in [0, 0.05) is 61.7 Å². The van der Waals surface area contributed by atoms with Crippen LogP contribution in [0.1, 0.15) is 35.3 Å². The van der Waals surface area contributed by atoms with Crippen LogP contribution in [0.5, 0.6) is 0 Å². The van der Waals surface area contributed by atoms with E-state index >= 15 is 0 Å². The second kappa shape index (κ2) is 7.85. The molecule has 0 N–H and O–H groups in total. The highest BCUT2D eigenvalue weighted by atomic mass is 35.5. The molecule has 2 aliphatic rings. The first-order chi connectivity index (χ1) is 12.7. The average molecular weight is 372 g/mol. The molecule has 5 heteroatoms. The summed E-state index contributed by atoms with van der Waals surface area (Å²) in [5.74, 6) is 0.244. The Morgan fingerprint density at radius 2 is 1.69 bits per heavy atom. The Bertz CT molecular complexity index is 760. The first-order valence-electron chi connectivity index (χ1n) is 9.66. The zero-order valence-electron chi connectivity index (χ0n) is 15.2. The number of hydrogen-bond donors (Lipinski definition) is 0. The molecule has 0 saturated carbocycles. The fourth-order valence-electron chi connectivity index (χ4n) is 4.11. The van der Waals surface area contributed by atoms with Gasteiger partial charge in [0.1, 0.15) is 0 Å². The molecular weight excluding hydrogens is 346 g/mol. The molecule has 0 atom stereocenters. The van der Waals surface area contributed by atoms with Gasteiger partial charge >= 0.3 is 0 Å². The molecule has 1 fully saturated rings. The molecule has 4 rings (SSSR count). The van der Waals surface area contributed by atoms with Gasteiger partial charge in [0.05, 0.1) is 0 Å². The van der Waals surface area contributed by atoms with Crippen LogP contribution in [-0.4, -0.2) is 48.1 Å². The average Bonchev–Trinajstić information content (AvgIpc) is 3.11. The maximum absolute atomic E-state index is 12.7. The highest BCUT2D eigenvalue weighted by molar-refractivity contribution is 6.30. The molecule has 1 aromatic heterocycles. The van der Waals surface area contributed by atoms with Crippen molar-refractivity contribution in [3.8, 4) is 0 Å². The summed E-state index contributed by atoms with van der Waals surface area (Å²) in [5.41, 5.74) is 3.86. The molecule has 1 aromatic carbocycles. The minimum atomic E-state index is 0.244. The van der Waals surface area contributed by atoms with Crippen LogP contribution in [-0.2, 0) is 12.8 Å². The van der Waals surface area contributed by atoms with Gasteiger partial charge in [0.2, 0.25) is 5.91 Å². The Balaban J connectivity index is 1.28. The Morgan fingerprint density at radius 3 is 2.46 bits per heavy atom. The van der Waals surface area contributed by atoms with E-state index in [-0.39, 0.29) is 5.91 Å². The summed E-state index contributed by atoms with van der Waals surface area (Å²) in [7, 11) is 0. The van der Waals surface area contributed by atoms with Crippen molar-refractivity contribution in [1.82, 2.24) is 9.47 Å². The summed E-state index contributed by atoms with van der Waals surface area (Å²) in [6.07, 6.45) is 7.22. The third kappa shape index (κ3) is 3.81. The van der Waals surface area contributed by atoms with Crippen molar-refractivity contribution in [3.63, 3.8) is 0 Å². The number of benzene rings is 1. The Hall–Kier alpha value is -1.78. The highest BCUT2D eigenvalue weighted by Gasteiger charge is 2.20. The second-order valence-electron chi connectivity index (χ2n) is 7.31. The molecule has 0 radical (unpaired) electrons. The standard InChI is InChI=1S/C21H26ClN3O/c22-18-5-7-19(8-6-18)24-15-13-23(14-16-24)11-10-21(26)25-12-9-17-3-1-2-4-20(17)25/h5-9,12H,1-4,10-11,13-16H2. The van der Waals surface area contributed by atoms with Gasteiger partial charge in [0.25, 0.3) is 0 Å². The van der Waals surface area contributed by atoms with Crippen LogP contribution in [0.4, 0.5) is 5.69 Å². The van der Waals surface area contributed by atoms with E-state index in [0.29, 0.717) is 6.42 Å². The van der Waals surface area contributed by atoms with Crippen LogP contribution < -0.4 is 4.90 Å². The molecule has 0 unspecified atom stereocenters. The van der Waals surface area contributed by atoms with Crippen LogP contribution in [0.3, 0.4) is 0 Å². The number of aryl methyl sites for hydroxylation is 1. The van der Waals surface area contributed by atoms with Crippen molar-refractivity contribution in [2.75, 3.05) is 37.6 Å². The number of piperazine rings is 1. The Kier molecular flexibility index (Phi) is 5.32. The molecule has 26 heavy (non-hydrogen) atoms. The SMILES string of the molecule is O=C(CCN1CCN(c2ccc(Cl)cc2)CC1)n1ccc2c1CCCC2. The molecular formula is C21H26ClN3O. The van der Waals surface area contributed by atoms with Gasteiger partial charge in [-0.25, -0.2) is 0 Å². The van der Waals surface area contributed by atoms with E-state index in [1.807, 2.05) is 22.9 Å². The molecule has 0 spiro atoms. The molecule has 4 nitrogen and oxygen atoms in total. The normalized spacial score (nSPS) is 18.0. The highest BCUT2D eigenvalue weighted by Crippen LogP contribution is 2.23. The summed E-state index contributed by atoms with van der Waals surface area (Å²) in [6, 6.07) is 10.2. The topological polar surface area (TPSA) is 28.5 Å². The number of halogens is 1. The van der Waals surface area contributed by atoms with Crippen molar-refractivity contribution < 1.29 is 4.79 Å². The monoisotopic (exact) mass is 371 g/mol. The van der Waals surface area contributed by atoms with Gasteiger partial charge in [-0.1, -0.05) is 11.6 Å². The molecule has 1 aliphatic carbocycles. The summed E-state index contributed by atoms with van der Waals surface area (Å²) < 4.78 is 1.92. The van der Waals surface area contributed by atoms with Gasteiger partial charge in [-0.15, -0.1) is 0 Å². The molecule has 1 aliphatic heterocycles. The fraction of sp³-hybridized carbons (Fsp3) is 0.476. The van der Waals surface area contributed by atoms with Crippen LogP contribution in [0, 0.1) is 0 Å². The third-order valence-electron chi connectivity index (χ3n) is 5.67. The minimum Gasteiger partial charge on any atom is -0.369 e. The number of rotatable bonds is 4. The molecule has 138 valence electrons. The van der Waals surface area contributed by atoms with Gasteiger partial charge in [0.15, 0.2) is 0 Å². The van der Waals surface area contributed by atoms with Crippen molar-refractivity contribution in [1.29, 1.82) is 0 Å². The van der Waals surface area contributed by atoms with Crippen LogP contribution in [0.15, 0.2) is 36.5 Å². The Morgan fingerprint density at radius 1 is 0.962 bits per heavy atom. The molecule has 1 saturated heterocycles. The maximum Gasteiger partial charge on any atom is 0.232 e. The molecule has 2 aromatic rings. The van der Waals surface area contributed by atoms with Crippen molar-refractivity contribution in [2.45, 2.75) is 32.1 Å². The summed E-state index contributed by atoms with van der Waals surface area (Å²) in [4.78, 5) is 17.4. The van der Waals surface area contributed by atoms with E-state index in [4.69, 9.17) is 11.6 Å². The second-order valence-corrected chi connectivity index (χ2v) is 7.75. The van der Waals surface area contributed by atoms with Gasteiger partial charge in [-0.3, -0.25) is 14.3 Å². The predicted molar refractivity (Wildman–Crippen MR) is 106 cm³/mol. The van der Waals surface area contributed by atoms with Crippen molar-refractivity contribution in [3.05, 3.63) is 52.8 Å². The van der Waals surface area contributed by atoms with E-state index in [9.17, 15) is 4.79 Å². The van der Waals surface area contributed by atoms with Crippen molar-refractivity contribution in [2.24, 2.45) is 0 Å². The van der Waals surface area contributed by atoms with Gasteiger partial charge in [-0.2, -0.15) is 0 Å². The largest absolute Gasteiger partial charge is 0.369 e. The number of fused-ring (bicyclic) bond motifs is 1. The quantitative estimate of drug-likeness (QED) is 0.816. The number of carbonyl (C=O) groups is 1. The lowest BCUT2D eigenvalue weighted by Gasteiger charge is -2.36.